The van der Waals surface area contributed by atoms with Crippen LogP contribution in [0, 0.1) is 0 Å². The molecular weight excluding hydrogens is 383 g/mol. The van der Waals surface area contributed by atoms with Crippen molar-refractivity contribution in [2.24, 2.45) is 14.1 Å². The Labute approximate surface area is 152 Å². The van der Waals surface area contributed by atoms with Crippen molar-refractivity contribution in [3.05, 3.63) is 48.2 Å². The second-order valence-electron chi connectivity index (χ2n) is 4.33. The van der Waals surface area contributed by atoms with Crippen LogP contribution in [0.3, 0.4) is 0 Å². The molecule has 24 heavy (non-hydrogen) atoms. The molecule has 0 saturated heterocycles. The molecule has 2 heterocycles. The largest absolute Gasteiger partial charge is 0.484 e. The Morgan fingerprint density at radius 1 is 0.958 bits per heavy atom. The van der Waals surface area contributed by atoms with Gasteiger partial charge in [-0.05, 0) is 0 Å². The predicted octanol–water partition coefficient (Wildman–Crippen LogP) is 1.55. The van der Waals surface area contributed by atoms with Gasteiger partial charge >= 0.3 is 5.56 Å². The number of hydrogen-bond acceptors (Lipinski definition) is 6. The number of nitrogens with zero attached hydrogens (tertiary/aromatic N) is 4. The van der Waals surface area contributed by atoms with E-state index in [1.807, 2.05) is 0 Å². The molecule has 132 valence electrons. The lowest BCUT2D eigenvalue weighted by Gasteiger charge is -2.06. The number of aromatic nitrogens is 4. The number of rotatable bonds is 4. The molecule has 2 aromatic heterocycles. The average Bonchev–Trinajstić information content (AvgIpc) is 2.57. The van der Waals surface area contributed by atoms with Crippen LogP contribution in [0.2, 0.25) is 15.1 Å². The number of ether oxygens (including phenoxy) is 2. The molecule has 0 aliphatic heterocycles. The van der Waals surface area contributed by atoms with Crippen LogP contribution in [0.1, 0.15) is 0 Å². The highest BCUT2D eigenvalue weighted by Crippen LogP contribution is 2.17. The van der Waals surface area contributed by atoms with Crippen LogP contribution >= 0.6 is 34.8 Å². The maximum absolute atomic E-state index is 11.4. The zero-order valence-electron chi connectivity index (χ0n) is 13.1. The van der Waals surface area contributed by atoms with Gasteiger partial charge in [0.25, 0.3) is 5.56 Å². The van der Waals surface area contributed by atoms with E-state index in [1.54, 1.807) is 7.11 Å². The van der Waals surface area contributed by atoms with E-state index in [4.69, 9.17) is 44.3 Å². The van der Waals surface area contributed by atoms with Crippen LogP contribution in [0.15, 0.2) is 22.0 Å². The number of halogens is 3. The van der Waals surface area contributed by atoms with Crippen LogP contribution in [-0.2, 0) is 18.8 Å². The van der Waals surface area contributed by atoms with E-state index in [0.29, 0.717) is 6.61 Å². The summed E-state index contributed by atoms with van der Waals surface area (Å²) in [7, 11) is 4.59. The SMILES string of the molecule is COCCOc1c(Cl)cnn(C)c1=O.Cn1ncc(Cl)c(Cl)c1=O. The topological polar surface area (TPSA) is 88.2 Å². The fourth-order valence-electron chi connectivity index (χ4n) is 1.35. The fourth-order valence-corrected chi connectivity index (χ4v) is 1.82. The van der Waals surface area contributed by atoms with Crippen molar-refractivity contribution in [3.8, 4) is 5.75 Å². The number of methoxy groups -OCH3 is 1. The summed E-state index contributed by atoms with van der Waals surface area (Å²) in [6.45, 7) is 0.692. The van der Waals surface area contributed by atoms with E-state index < -0.39 is 0 Å². The Hall–Kier alpha value is -1.61. The first-order valence-electron chi connectivity index (χ1n) is 6.50. The molecule has 8 nitrogen and oxygen atoms in total. The molecule has 0 unspecified atom stereocenters. The van der Waals surface area contributed by atoms with Crippen molar-refractivity contribution in [1.82, 2.24) is 19.6 Å². The highest BCUT2D eigenvalue weighted by Gasteiger charge is 2.08. The molecule has 0 amide bonds. The molecule has 0 aromatic carbocycles. The third kappa shape index (κ3) is 5.48. The third-order valence-corrected chi connectivity index (χ3v) is 3.64. The third-order valence-electron chi connectivity index (χ3n) is 2.62. The van der Waals surface area contributed by atoms with E-state index >= 15 is 0 Å². The highest BCUT2D eigenvalue weighted by molar-refractivity contribution is 6.41. The molecule has 0 radical (unpaired) electrons. The molecular formula is C13H15Cl3N4O4. The van der Waals surface area contributed by atoms with Crippen molar-refractivity contribution >= 4 is 34.8 Å². The van der Waals surface area contributed by atoms with Crippen LogP contribution < -0.4 is 15.9 Å². The molecule has 0 bridgehead atoms. The Morgan fingerprint density at radius 2 is 1.50 bits per heavy atom. The fraction of sp³-hybridized carbons (Fsp3) is 0.385. The monoisotopic (exact) mass is 396 g/mol. The Kier molecular flexibility index (Phi) is 8.20. The summed E-state index contributed by atoms with van der Waals surface area (Å²) >= 11 is 16.7. The van der Waals surface area contributed by atoms with E-state index in [1.165, 1.54) is 26.5 Å². The minimum absolute atomic E-state index is 0.0131. The lowest BCUT2D eigenvalue weighted by atomic mass is 10.5. The first-order chi connectivity index (χ1) is 11.3. The van der Waals surface area contributed by atoms with E-state index in [9.17, 15) is 9.59 Å². The molecule has 0 atom stereocenters. The average molecular weight is 398 g/mol. The quantitative estimate of drug-likeness (QED) is 0.727. The highest BCUT2D eigenvalue weighted by atomic mass is 35.5. The molecule has 2 rings (SSSR count). The van der Waals surface area contributed by atoms with Gasteiger partial charge in [-0.2, -0.15) is 10.2 Å². The molecule has 2 aromatic rings. The van der Waals surface area contributed by atoms with Gasteiger partial charge in [-0.3, -0.25) is 9.59 Å². The van der Waals surface area contributed by atoms with Gasteiger partial charge in [-0.25, -0.2) is 9.36 Å². The summed E-state index contributed by atoms with van der Waals surface area (Å²) in [4.78, 5) is 22.3. The Morgan fingerprint density at radius 3 is 2.04 bits per heavy atom. The lowest BCUT2D eigenvalue weighted by Crippen LogP contribution is -2.22. The van der Waals surface area contributed by atoms with E-state index in [-0.39, 0.29) is 38.5 Å². The molecule has 0 fully saturated rings. The molecule has 0 spiro atoms. The second-order valence-corrected chi connectivity index (χ2v) is 5.52. The first-order valence-corrected chi connectivity index (χ1v) is 7.63. The molecule has 0 aliphatic carbocycles. The van der Waals surface area contributed by atoms with Crippen LogP contribution in [-0.4, -0.2) is 39.9 Å². The van der Waals surface area contributed by atoms with Gasteiger partial charge in [-0.1, -0.05) is 34.8 Å². The molecule has 0 aliphatic rings. The van der Waals surface area contributed by atoms with Gasteiger partial charge in [0, 0.05) is 21.2 Å². The summed E-state index contributed by atoms with van der Waals surface area (Å²) in [6, 6.07) is 0. The number of hydrogen-bond donors (Lipinski definition) is 0. The summed E-state index contributed by atoms with van der Waals surface area (Å²) < 4.78 is 12.2. The van der Waals surface area contributed by atoms with Crippen LogP contribution in [0.5, 0.6) is 5.75 Å². The predicted molar refractivity (Wildman–Crippen MR) is 91.4 cm³/mol. The number of aryl methyl sites for hydroxylation is 2. The minimum atomic E-state index is -0.380. The van der Waals surface area contributed by atoms with Gasteiger partial charge in [0.2, 0.25) is 5.75 Å². The van der Waals surface area contributed by atoms with Crippen LogP contribution in [0.4, 0.5) is 0 Å². The summed E-state index contributed by atoms with van der Waals surface area (Å²) in [6.07, 6.45) is 2.69. The van der Waals surface area contributed by atoms with Crippen molar-refractivity contribution in [3.63, 3.8) is 0 Å². The normalized spacial score (nSPS) is 10.1. The second kappa shape index (κ2) is 9.63. The van der Waals surface area contributed by atoms with Crippen LogP contribution in [0.25, 0.3) is 0 Å². The summed E-state index contributed by atoms with van der Waals surface area (Å²) in [5.74, 6) is 0.112. The van der Waals surface area contributed by atoms with Gasteiger partial charge in [0.1, 0.15) is 16.7 Å². The van der Waals surface area contributed by atoms with Crippen molar-refractivity contribution in [2.45, 2.75) is 0 Å². The Balaban J connectivity index is 0.000000254. The smallest absolute Gasteiger partial charge is 0.310 e. The first kappa shape index (κ1) is 20.4. The Bertz CT molecular complexity index is 807. The maximum Gasteiger partial charge on any atom is 0.310 e. The summed E-state index contributed by atoms with van der Waals surface area (Å²) in [5.41, 5.74) is -0.734. The zero-order chi connectivity index (χ0) is 18.3. The minimum Gasteiger partial charge on any atom is -0.484 e. The van der Waals surface area contributed by atoms with E-state index in [2.05, 4.69) is 10.2 Å². The molecule has 0 N–H and O–H groups in total. The van der Waals surface area contributed by atoms with Gasteiger partial charge in [-0.15, -0.1) is 0 Å². The van der Waals surface area contributed by atoms with Crippen molar-refractivity contribution in [1.29, 1.82) is 0 Å². The van der Waals surface area contributed by atoms with E-state index in [0.717, 1.165) is 9.36 Å². The van der Waals surface area contributed by atoms with Gasteiger partial charge < -0.3 is 9.47 Å². The maximum atomic E-state index is 11.4. The standard InChI is InChI=1S/C8H11ClN2O3.C5H4Cl2N2O/c1-11-8(12)7(6(9)5-10-11)14-4-3-13-2;1-9-5(10)4(7)3(6)2-8-9/h5H,3-4H2,1-2H3;2H,1H3. The lowest BCUT2D eigenvalue weighted by molar-refractivity contribution is 0.145. The van der Waals surface area contributed by atoms with Gasteiger partial charge in [0.15, 0.2) is 0 Å². The van der Waals surface area contributed by atoms with Gasteiger partial charge in [0.05, 0.1) is 24.0 Å². The molecule has 0 saturated carbocycles. The summed E-state index contributed by atoms with van der Waals surface area (Å²) in [5, 5.41) is 7.77. The molecule has 11 heteroatoms. The van der Waals surface area contributed by atoms with Crippen molar-refractivity contribution < 1.29 is 9.47 Å². The zero-order valence-corrected chi connectivity index (χ0v) is 15.4. The van der Waals surface area contributed by atoms with Crippen molar-refractivity contribution in [2.75, 3.05) is 20.3 Å².